The summed E-state index contributed by atoms with van der Waals surface area (Å²) in [5, 5.41) is 1.11. The van der Waals surface area contributed by atoms with Gasteiger partial charge in [0, 0.05) is 12.4 Å². The fourth-order valence-corrected chi connectivity index (χ4v) is 2.57. The molecule has 0 bridgehead atoms. The molecule has 78 valence electrons. The van der Waals surface area contributed by atoms with Gasteiger partial charge in [-0.15, -0.1) is 11.3 Å². The van der Waals surface area contributed by atoms with E-state index in [0.717, 1.165) is 10.5 Å². The number of hydrogen-bond acceptors (Lipinski definition) is 3. The zero-order valence-electron chi connectivity index (χ0n) is 8.84. The number of pyridine rings is 1. The summed E-state index contributed by atoms with van der Waals surface area (Å²) >= 11 is 1.73. The number of aromatic nitrogens is 2. The molecule has 0 fully saturated rings. The lowest BCUT2D eigenvalue weighted by molar-refractivity contribution is 1.33. The fraction of sp³-hybridized carbons (Fsp3) is 0.0769. The van der Waals surface area contributed by atoms with Gasteiger partial charge in [0.05, 0.1) is 15.2 Å². The summed E-state index contributed by atoms with van der Waals surface area (Å²) in [7, 11) is 0. The van der Waals surface area contributed by atoms with Crippen LogP contribution in [0.2, 0.25) is 0 Å². The highest BCUT2D eigenvalue weighted by atomic mass is 32.1. The number of hydrogen-bond donors (Lipinski definition) is 0. The molecule has 0 unspecified atom stereocenters. The molecule has 0 aliphatic heterocycles. The van der Waals surface area contributed by atoms with E-state index in [2.05, 4.69) is 28.2 Å². The van der Waals surface area contributed by atoms with Crippen LogP contribution in [0.15, 0.2) is 42.7 Å². The van der Waals surface area contributed by atoms with E-state index in [1.807, 2.05) is 31.5 Å². The predicted molar refractivity (Wildman–Crippen MR) is 67.6 cm³/mol. The first-order valence-electron chi connectivity index (χ1n) is 5.10. The third kappa shape index (κ3) is 1.59. The van der Waals surface area contributed by atoms with Gasteiger partial charge < -0.3 is 0 Å². The van der Waals surface area contributed by atoms with E-state index in [0.29, 0.717) is 0 Å². The van der Waals surface area contributed by atoms with Crippen LogP contribution in [-0.2, 0) is 0 Å². The Morgan fingerprint density at radius 2 is 1.81 bits per heavy atom. The average molecular weight is 226 g/mol. The number of thiazole rings is 1. The maximum absolute atomic E-state index is 4.50. The largest absolute Gasteiger partial charge is 0.265 e. The van der Waals surface area contributed by atoms with E-state index < -0.39 is 0 Å². The molecular weight excluding hydrogens is 216 g/mol. The predicted octanol–water partition coefficient (Wildman–Crippen LogP) is 3.67. The van der Waals surface area contributed by atoms with Gasteiger partial charge in [-0.05, 0) is 42.3 Å². The zero-order valence-corrected chi connectivity index (χ0v) is 9.66. The Morgan fingerprint density at radius 1 is 1.00 bits per heavy atom. The second-order valence-electron chi connectivity index (χ2n) is 3.65. The summed E-state index contributed by atoms with van der Waals surface area (Å²) < 4.78 is 1.25. The molecule has 2 aromatic heterocycles. The molecule has 0 aliphatic carbocycles. The highest BCUT2D eigenvalue weighted by Crippen LogP contribution is 2.27. The van der Waals surface area contributed by atoms with Gasteiger partial charge in [-0.2, -0.15) is 0 Å². The molecule has 0 radical (unpaired) electrons. The van der Waals surface area contributed by atoms with Crippen molar-refractivity contribution in [1.82, 2.24) is 9.97 Å². The molecule has 0 atom stereocenters. The lowest BCUT2D eigenvalue weighted by atomic mass is 10.1. The van der Waals surface area contributed by atoms with E-state index in [9.17, 15) is 0 Å². The molecule has 3 heteroatoms. The van der Waals surface area contributed by atoms with Gasteiger partial charge >= 0.3 is 0 Å². The van der Waals surface area contributed by atoms with Crippen LogP contribution in [0.3, 0.4) is 0 Å². The van der Waals surface area contributed by atoms with Crippen molar-refractivity contribution in [2.24, 2.45) is 0 Å². The van der Waals surface area contributed by atoms with E-state index in [-0.39, 0.29) is 0 Å². The van der Waals surface area contributed by atoms with Gasteiger partial charge in [0.15, 0.2) is 0 Å². The Bertz CT molecular complexity index is 629. The maximum atomic E-state index is 4.50. The standard InChI is InChI=1S/C13H10N2S/c1-9-15-12-8-11(2-3-13(12)16-9)10-4-6-14-7-5-10/h2-8H,1H3. The quantitative estimate of drug-likeness (QED) is 0.632. The van der Waals surface area contributed by atoms with Crippen LogP contribution in [0.5, 0.6) is 0 Å². The molecular formula is C13H10N2S. The van der Waals surface area contributed by atoms with Crippen LogP contribution < -0.4 is 0 Å². The fourth-order valence-electron chi connectivity index (χ4n) is 1.77. The van der Waals surface area contributed by atoms with Crippen LogP contribution in [0.4, 0.5) is 0 Å². The first-order chi connectivity index (χ1) is 7.83. The first kappa shape index (κ1) is 9.48. The van der Waals surface area contributed by atoms with Crippen molar-refractivity contribution in [3.63, 3.8) is 0 Å². The normalized spacial score (nSPS) is 10.8. The minimum absolute atomic E-state index is 1.08. The number of rotatable bonds is 1. The van der Waals surface area contributed by atoms with Crippen molar-refractivity contribution < 1.29 is 0 Å². The first-order valence-corrected chi connectivity index (χ1v) is 5.92. The minimum atomic E-state index is 1.08. The topological polar surface area (TPSA) is 25.8 Å². The summed E-state index contributed by atoms with van der Waals surface area (Å²) in [5.41, 5.74) is 3.46. The van der Waals surface area contributed by atoms with Crippen LogP contribution in [0.1, 0.15) is 5.01 Å². The summed E-state index contributed by atoms with van der Waals surface area (Å²) in [6.07, 6.45) is 3.62. The van der Waals surface area contributed by atoms with Gasteiger partial charge in [0.25, 0.3) is 0 Å². The lowest BCUT2D eigenvalue weighted by Gasteiger charge is -1.99. The molecule has 2 nitrogen and oxygen atoms in total. The summed E-state index contributed by atoms with van der Waals surface area (Å²) in [6.45, 7) is 2.04. The van der Waals surface area contributed by atoms with E-state index in [4.69, 9.17) is 0 Å². The third-order valence-corrected chi connectivity index (χ3v) is 3.46. The summed E-state index contributed by atoms with van der Waals surface area (Å²) in [4.78, 5) is 8.53. The van der Waals surface area contributed by atoms with Crippen LogP contribution >= 0.6 is 11.3 Å². The molecule has 0 amide bonds. The van der Waals surface area contributed by atoms with Crippen LogP contribution in [0, 0.1) is 6.92 Å². The molecule has 0 aliphatic rings. The second kappa shape index (κ2) is 3.68. The van der Waals surface area contributed by atoms with Crippen molar-refractivity contribution in [3.8, 4) is 11.1 Å². The molecule has 3 aromatic rings. The number of fused-ring (bicyclic) bond motifs is 1. The average Bonchev–Trinajstić information content (AvgIpc) is 2.69. The summed E-state index contributed by atoms with van der Waals surface area (Å²) in [6, 6.07) is 10.4. The van der Waals surface area contributed by atoms with Gasteiger partial charge in [-0.3, -0.25) is 4.98 Å². The Kier molecular flexibility index (Phi) is 2.18. The van der Waals surface area contributed by atoms with Crippen LogP contribution in [-0.4, -0.2) is 9.97 Å². The Morgan fingerprint density at radius 3 is 2.62 bits per heavy atom. The Labute approximate surface area is 97.6 Å². The SMILES string of the molecule is Cc1nc2cc(-c3ccncc3)ccc2s1. The highest BCUT2D eigenvalue weighted by Gasteiger charge is 2.02. The van der Waals surface area contributed by atoms with Gasteiger partial charge in [-0.25, -0.2) is 4.98 Å². The van der Waals surface area contributed by atoms with Gasteiger partial charge in [0.1, 0.15) is 0 Å². The maximum Gasteiger partial charge on any atom is 0.0907 e. The lowest BCUT2D eigenvalue weighted by Crippen LogP contribution is -1.78. The zero-order chi connectivity index (χ0) is 11.0. The van der Waals surface area contributed by atoms with Crippen molar-refractivity contribution in [2.45, 2.75) is 6.92 Å². The molecule has 0 spiro atoms. The minimum Gasteiger partial charge on any atom is -0.265 e. The van der Waals surface area contributed by atoms with Crippen molar-refractivity contribution >= 4 is 21.6 Å². The molecule has 1 aromatic carbocycles. The third-order valence-electron chi connectivity index (χ3n) is 2.51. The Balaban J connectivity index is 2.18. The van der Waals surface area contributed by atoms with Crippen LogP contribution in [0.25, 0.3) is 21.3 Å². The van der Waals surface area contributed by atoms with E-state index >= 15 is 0 Å². The second-order valence-corrected chi connectivity index (χ2v) is 4.89. The van der Waals surface area contributed by atoms with Gasteiger partial charge in [0.2, 0.25) is 0 Å². The molecule has 3 rings (SSSR count). The van der Waals surface area contributed by atoms with Crippen molar-refractivity contribution in [1.29, 1.82) is 0 Å². The Hall–Kier alpha value is -1.74. The monoisotopic (exact) mass is 226 g/mol. The van der Waals surface area contributed by atoms with Crippen molar-refractivity contribution in [2.75, 3.05) is 0 Å². The molecule has 2 heterocycles. The molecule has 16 heavy (non-hydrogen) atoms. The molecule has 0 N–H and O–H groups in total. The van der Waals surface area contributed by atoms with Gasteiger partial charge in [-0.1, -0.05) is 6.07 Å². The number of aryl methyl sites for hydroxylation is 1. The highest BCUT2D eigenvalue weighted by molar-refractivity contribution is 7.18. The van der Waals surface area contributed by atoms with E-state index in [1.54, 1.807) is 11.3 Å². The number of benzene rings is 1. The number of nitrogens with zero attached hydrogens (tertiary/aromatic N) is 2. The smallest absolute Gasteiger partial charge is 0.0907 e. The summed E-state index contributed by atoms with van der Waals surface area (Å²) in [5.74, 6) is 0. The molecule has 0 saturated heterocycles. The molecule has 0 saturated carbocycles. The van der Waals surface area contributed by atoms with E-state index in [1.165, 1.54) is 15.8 Å². The van der Waals surface area contributed by atoms with Crippen molar-refractivity contribution in [3.05, 3.63) is 47.7 Å².